The smallest absolute Gasteiger partial charge is 0.257 e. The molecular weight excluding hydrogens is 264 g/mol. The number of para-hydroxylation sites is 1. The van der Waals surface area contributed by atoms with Crippen molar-refractivity contribution in [2.45, 2.75) is 44.7 Å². The quantitative estimate of drug-likeness (QED) is 0.906. The molecule has 1 N–H and O–H groups in total. The van der Waals surface area contributed by atoms with E-state index < -0.39 is 0 Å². The van der Waals surface area contributed by atoms with Crippen LogP contribution in [0.15, 0.2) is 24.3 Å². The Morgan fingerprint density at radius 1 is 1.29 bits per heavy atom. The zero-order valence-corrected chi connectivity index (χ0v) is 13.3. The molecule has 1 aliphatic rings. The lowest BCUT2D eigenvalue weighted by Crippen LogP contribution is -2.42. The zero-order valence-electron chi connectivity index (χ0n) is 13.3. The number of hydrogen-bond acceptors (Lipinski definition) is 3. The molecule has 0 aromatic heterocycles. The number of hydrogen-bond donors (Lipinski definition) is 1. The zero-order chi connectivity index (χ0) is 15.2. The van der Waals surface area contributed by atoms with Crippen LogP contribution in [0, 0.1) is 0 Å². The van der Waals surface area contributed by atoms with Crippen molar-refractivity contribution in [2.75, 3.05) is 20.7 Å². The molecule has 2 rings (SSSR count). The van der Waals surface area contributed by atoms with Gasteiger partial charge in [0.1, 0.15) is 5.75 Å². The van der Waals surface area contributed by atoms with Gasteiger partial charge in [0.25, 0.3) is 5.91 Å². The maximum atomic E-state index is 12.7. The normalized spacial score (nSPS) is 21.9. The summed E-state index contributed by atoms with van der Waals surface area (Å²) >= 11 is 0. The Hall–Kier alpha value is -1.55. The first-order valence-corrected chi connectivity index (χ1v) is 7.83. The molecule has 0 heterocycles. The molecule has 1 aromatic rings. The van der Waals surface area contributed by atoms with Crippen molar-refractivity contribution in [3.63, 3.8) is 0 Å². The monoisotopic (exact) mass is 290 g/mol. The minimum Gasteiger partial charge on any atom is -0.493 e. The SMILES string of the molecule is CCOc1ccccc1C(=O)N(C)C1CCC(NC)CC1. The molecule has 116 valence electrons. The second-order valence-corrected chi connectivity index (χ2v) is 5.64. The molecule has 1 aliphatic carbocycles. The van der Waals surface area contributed by atoms with Gasteiger partial charge in [-0.05, 0) is 51.8 Å². The summed E-state index contributed by atoms with van der Waals surface area (Å²) in [4.78, 5) is 14.6. The Bertz CT molecular complexity index is 468. The van der Waals surface area contributed by atoms with Gasteiger partial charge in [0, 0.05) is 19.1 Å². The minimum atomic E-state index is 0.0620. The lowest BCUT2D eigenvalue weighted by atomic mass is 9.90. The van der Waals surface area contributed by atoms with Crippen LogP contribution in [-0.2, 0) is 0 Å². The van der Waals surface area contributed by atoms with Gasteiger partial charge in [0.2, 0.25) is 0 Å². The van der Waals surface area contributed by atoms with E-state index in [4.69, 9.17) is 4.74 Å². The first kappa shape index (κ1) is 15.8. The average Bonchev–Trinajstić information content (AvgIpc) is 2.54. The Morgan fingerprint density at radius 3 is 2.57 bits per heavy atom. The maximum absolute atomic E-state index is 12.7. The van der Waals surface area contributed by atoms with Crippen molar-refractivity contribution >= 4 is 5.91 Å². The highest BCUT2D eigenvalue weighted by Crippen LogP contribution is 2.26. The first-order valence-electron chi connectivity index (χ1n) is 7.83. The summed E-state index contributed by atoms with van der Waals surface area (Å²) in [5.41, 5.74) is 0.664. The number of carbonyl (C=O) groups is 1. The predicted molar refractivity (Wildman–Crippen MR) is 84.8 cm³/mol. The van der Waals surface area contributed by atoms with Crippen LogP contribution in [0.25, 0.3) is 0 Å². The fourth-order valence-electron chi connectivity index (χ4n) is 3.03. The van der Waals surface area contributed by atoms with Gasteiger partial charge in [-0.15, -0.1) is 0 Å². The lowest BCUT2D eigenvalue weighted by Gasteiger charge is -2.34. The summed E-state index contributed by atoms with van der Waals surface area (Å²) in [6.07, 6.45) is 4.38. The van der Waals surface area contributed by atoms with Crippen LogP contribution in [0.4, 0.5) is 0 Å². The third-order valence-electron chi connectivity index (χ3n) is 4.39. The van der Waals surface area contributed by atoms with Crippen molar-refractivity contribution in [2.24, 2.45) is 0 Å². The second-order valence-electron chi connectivity index (χ2n) is 5.64. The van der Waals surface area contributed by atoms with Gasteiger partial charge in [-0.2, -0.15) is 0 Å². The maximum Gasteiger partial charge on any atom is 0.257 e. The van der Waals surface area contributed by atoms with Gasteiger partial charge in [-0.3, -0.25) is 4.79 Å². The van der Waals surface area contributed by atoms with E-state index in [0.717, 1.165) is 25.7 Å². The van der Waals surface area contributed by atoms with Gasteiger partial charge in [0.05, 0.1) is 12.2 Å². The Morgan fingerprint density at radius 2 is 1.95 bits per heavy atom. The van der Waals surface area contributed by atoms with Gasteiger partial charge < -0.3 is 15.0 Å². The van der Waals surface area contributed by atoms with Gasteiger partial charge in [-0.25, -0.2) is 0 Å². The molecule has 0 spiro atoms. The van der Waals surface area contributed by atoms with Gasteiger partial charge in [-0.1, -0.05) is 12.1 Å². The number of benzene rings is 1. The fraction of sp³-hybridized carbons (Fsp3) is 0.588. The summed E-state index contributed by atoms with van der Waals surface area (Å²) in [6, 6.07) is 8.43. The molecule has 1 amide bonds. The van der Waals surface area contributed by atoms with Gasteiger partial charge in [0.15, 0.2) is 0 Å². The molecule has 21 heavy (non-hydrogen) atoms. The largest absolute Gasteiger partial charge is 0.493 e. The molecule has 0 radical (unpaired) electrons. The van der Waals surface area contributed by atoms with Gasteiger partial charge >= 0.3 is 0 Å². The fourth-order valence-corrected chi connectivity index (χ4v) is 3.03. The lowest BCUT2D eigenvalue weighted by molar-refractivity contribution is 0.0681. The number of rotatable bonds is 5. The van der Waals surface area contributed by atoms with Crippen LogP contribution >= 0.6 is 0 Å². The molecule has 0 saturated heterocycles. The molecular formula is C17H26N2O2. The molecule has 0 atom stereocenters. The van der Waals surface area contributed by atoms with E-state index in [0.29, 0.717) is 30.0 Å². The summed E-state index contributed by atoms with van der Waals surface area (Å²) in [5, 5.41) is 3.33. The molecule has 0 bridgehead atoms. The molecule has 0 aliphatic heterocycles. The summed E-state index contributed by atoms with van der Waals surface area (Å²) in [7, 11) is 3.92. The van der Waals surface area contributed by atoms with E-state index in [9.17, 15) is 4.79 Å². The van der Waals surface area contributed by atoms with E-state index in [-0.39, 0.29) is 5.91 Å². The van der Waals surface area contributed by atoms with Crippen LogP contribution in [0.5, 0.6) is 5.75 Å². The van der Waals surface area contributed by atoms with E-state index >= 15 is 0 Å². The first-order chi connectivity index (χ1) is 10.2. The second kappa shape index (κ2) is 7.46. The van der Waals surface area contributed by atoms with E-state index in [2.05, 4.69) is 5.32 Å². The highest BCUT2D eigenvalue weighted by molar-refractivity contribution is 5.97. The highest BCUT2D eigenvalue weighted by atomic mass is 16.5. The molecule has 1 fully saturated rings. The number of amides is 1. The van der Waals surface area contributed by atoms with Crippen molar-refractivity contribution in [1.82, 2.24) is 10.2 Å². The van der Waals surface area contributed by atoms with Crippen LogP contribution in [0.2, 0.25) is 0 Å². The molecule has 1 saturated carbocycles. The summed E-state index contributed by atoms with van der Waals surface area (Å²) in [6.45, 7) is 2.51. The Labute approximate surface area is 127 Å². The Kier molecular flexibility index (Phi) is 5.62. The highest BCUT2D eigenvalue weighted by Gasteiger charge is 2.27. The minimum absolute atomic E-state index is 0.0620. The van der Waals surface area contributed by atoms with E-state index in [1.165, 1.54) is 0 Å². The molecule has 4 heteroatoms. The average molecular weight is 290 g/mol. The summed E-state index contributed by atoms with van der Waals surface area (Å²) < 4.78 is 5.57. The number of carbonyl (C=O) groups excluding carboxylic acids is 1. The van der Waals surface area contributed by atoms with E-state index in [1.807, 2.05) is 50.2 Å². The molecule has 0 unspecified atom stereocenters. The van der Waals surface area contributed by atoms with Crippen molar-refractivity contribution in [3.05, 3.63) is 29.8 Å². The number of nitrogens with zero attached hydrogens (tertiary/aromatic N) is 1. The third kappa shape index (κ3) is 3.76. The molecule has 4 nitrogen and oxygen atoms in total. The summed E-state index contributed by atoms with van der Waals surface area (Å²) in [5.74, 6) is 0.743. The molecule has 1 aromatic carbocycles. The standard InChI is InChI=1S/C17H26N2O2/c1-4-21-16-8-6-5-7-15(16)17(20)19(3)14-11-9-13(18-2)10-12-14/h5-8,13-14,18H,4,9-12H2,1-3H3. The van der Waals surface area contributed by atoms with Crippen molar-refractivity contribution in [3.8, 4) is 5.75 Å². The van der Waals surface area contributed by atoms with Crippen LogP contribution < -0.4 is 10.1 Å². The predicted octanol–water partition coefficient (Wildman–Crippen LogP) is 2.69. The van der Waals surface area contributed by atoms with Crippen LogP contribution in [-0.4, -0.2) is 43.6 Å². The van der Waals surface area contributed by atoms with Crippen LogP contribution in [0.1, 0.15) is 43.0 Å². The van der Waals surface area contributed by atoms with Crippen LogP contribution in [0.3, 0.4) is 0 Å². The van der Waals surface area contributed by atoms with Crippen molar-refractivity contribution in [1.29, 1.82) is 0 Å². The topological polar surface area (TPSA) is 41.6 Å². The Balaban J connectivity index is 2.06. The van der Waals surface area contributed by atoms with Crippen molar-refractivity contribution < 1.29 is 9.53 Å². The third-order valence-corrected chi connectivity index (χ3v) is 4.39. The number of ether oxygens (including phenoxy) is 1. The van der Waals surface area contributed by atoms with E-state index in [1.54, 1.807) is 0 Å². The number of nitrogens with one attached hydrogen (secondary N) is 1.